The molecule has 9 heteroatoms. The van der Waals surface area contributed by atoms with E-state index in [1.807, 2.05) is 0 Å². The van der Waals surface area contributed by atoms with Crippen LogP contribution in [0.4, 0.5) is 0 Å². The zero-order chi connectivity index (χ0) is 14.2. The lowest BCUT2D eigenvalue weighted by molar-refractivity contribution is -0.307. The molecule has 2 aliphatic rings. The molecule has 0 aliphatic carbocycles. The van der Waals surface area contributed by atoms with Gasteiger partial charge in [-0.3, -0.25) is 0 Å². The molecule has 9 nitrogen and oxygen atoms in total. The van der Waals surface area contributed by atoms with Gasteiger partial charge in [0.15, 0.2) is 12.6 Å². The Balaban J connectivity index is 2.00. The van der Waals surface area contributed by atoms with Crippen molar-refractivity contribution in [1.82, 2.24) is 0 Å². The van der Waals surface area contributed by atoms with E-state index in [2.05, 4.69) is 0 Å². The Morgan fingerprint density at radius 3 is 2.26 bits per heavy atom. The van der Waals surface area contributed by atoms with Gasteiger partial charge in [0, 0.05) is 0 Å². The Labute approximate surface area is 108 Å². The summed E-state index contributed by atoms with van der Waals surface area (Å²) < 4.78 is 14.9. The van der Waals surface area contributed by atoms with Crippen LogP contribution in [-0.4, -0.2) is 93.1 Å². The first-order valence-corrected chi connectivity index (χ1v) is 5.89. The average Bonchev–Trinajstić information content (AvgIpc) is 2.66. The van der Waals surface area contributed by atoms with Gasteiger partial charge in [-0.05, 0) is 0 Å². The predicted molar refractivity (Wildman–Crippen MR) is 56.6 cm³/mol. The third-order valence-corrected chi connectivity index (χ3v) is 3.24. The fraction of sp³-hybridized carbons (Fsp3) is 1.00. The minimum Gasteiger partial charge on any atom is -0.394 e. The molecule has 2 fully saturated rings. The van der Waals surface area contributed by atoms with Gasteiger partial charge >= 0.3 is 0 Å². The molecule has 0 unspecified atom stereocenters. The van der Waals surface area contributed by atoms with Gasteiger partial charge < -0.3 is 44.8 Å². The highest BCUT2D eigenvalue weighted by molar-refractivity contribution is 4.89. The first-order chi connectivity index (χ1) is 8.95. The van der Waals surface area contributed by atoms with E-state index in [0.717, 1.165) is 0 Å². The molecule has 0 aromatic heterocycles. The minimum atomic E-state index is -1.50. The topological polar surface area (TPSA) is 149 Å². The van der Waals surface area contributed by atoms with Crippen LogP contribution in [0.3, 0.4) is 0 Å². The van der Waals surface area contributed by atoms with Crippen LogP contribution in [0.25, 0.3) is 0 Å². The second kappa shape index (κ2) is 5.95. The van der Waals surface area contributed by atoms with Gasteiger partial charge in [0.2, 0.25) is 0 Å². The number of hydrogen-bond donors (Lipinski definition) is 6. The molecule has 0 bridgehead atoms. The fourth-order valence-electron chi connectivity index (χ4n) is 2.06. The normalized spacial score (nSPS) is 51.5. The van der Waals surface area contributed by atoms with E-state index in [9.17, 15) is 25.5 Å². The Bertz CT molecular complexity index is 301. The van der Waals surface area contributed by atoms with Crippen LogP contribution < -0.4 is 0 Å². The zero-order valence-corrected chi connectivity index (χ0v) is 9.94. The maximum absolute atomic E-state index is 9.68. The molecule has 0 aromatic rings. The van der Waals surface area contributed by atoms with Crippen LogP contribution in [0.2, 0.25) is 0 Å². The van der Waals surface area contributed by atoms with Crippen LogP contribution >= 0.6 is 0 Å². The monoisotopic (exact) mass is 282 g/mol. The second-order valence-corrected chi connectivity index (χ2v) is 4.59. The zero-order valence-electron chi connectivity index (χ0n) is 9.94. The third kappa shape index (κ3) is 2.89. The molecule has 0 radical (unpaired) electrons. The predicted octanol–water partition coefficient (Wildman–Crippen LogP) is -4.12. The lowest BCUT2D eigenvalue weighted by atomic mass is 10.1. The summed E-state index contributed by atoms with van der Waals surface area (Å²) in [5.41, 5.74) is 0. The Hall–Kier alpha value is -0.360. The summed E-state index contributed by atoms with van der Waals surface area (Å²) in [7, 11) is 0. The van der Waals surface area contributed by atoms with E-state index in [1.54, 1.807) is 0 Å². The summed E-state index contributed by atoms with van der Waals surface area (Å²) in [6, 6.07) is 0. The highest BCUT2D eigenvalue weighted by Gasteiger charge is 2.47. The van der Waals surface area contributed by atoms with Gasteiger partial charge in [0.25, 0.3) is 0 Å². The highest BCUT2D eigenvalue weighted by atomic mass is 16.7. The Kier molecular flexibility index (Phi) is 4.71. The molecule has 19 heavy (non-hydrogen) atoms. The Morgan fingerprint density at radius 2 is 1.68 bits per heavy atom. The van der Waals surface area contributed by atoms with Crippen molar-refractivity contribution in [3.8, 4) is 0 Å². The summed E-state index contributed by atoms with van der Waals surface area (Å²) in [6.45, 7) is -0.773. The quantitative estimate of drug-likeness (QED) is 0.303. The molecule has 0 aromatic carbocycles. The number of ether oxygens (including phenoxy) is 3. The number of hydrogen-bond acceptors (Lipinski definition) is 9. The first-order valence-electron chi connectivity index (χ1n) is 5.89. The van der Waals surface area contributed by atoms with Crippen LogP contribution in [0, 0.1) is 0 Å². The molecule has 112 valence electrons. The van der Waals surface area contributed by atoms with Crippen molar-refractivity contribution >= 4 is 0 Å². The first kappa shape index (κ1) is 15.0. The SMILES string of the molecule is OC[C@H]1O[C@@H](O[C@@H]2[C@@H](O)[C@H](O)CO[C@H]2O)[C@H](O)[C@H]1O. The maximum atomic E-state index is 9.68. The highest BCUT2D eigenvalue weighted by Crippen LogP contribution is 2.26. The van der Waals surface area contributed by atoms with Gasteiger partial charge in [-0.2, -0.15) is 0 Å². The van der Waals surface area contributed by atoms with Crippen molar-refractivity contribution in [2.24, 2.45) is 0 Å². The van der Waals surface area contributed by atoms with Crippen LogP contribution in [0.5, 0.6) is 0 Å². The van der Waals surface area contributed by atoms with Crippen LogP contribution in [0.1, 0.15) is 0 Å². The van der Waals surface area contributed by atoms with E-state index in [1.165, 1.54) is 0 Å². The molecule has 0 spiro atoms. The van der Waals surface area contributed by atoms with E-state index in [4.69, 9.17) is 19.3 Å². The van der Waals surface area contributed by atoms with Gasteiger partial charge in [-0.15, -0.1) is 0 Å². The van der Waals surface area contributed by atoms with Gasteiger partial charge in [0.05, 0.1) is 13.2 Å². The lowest BCUT2D eigenvalue weighted by Gasteiger charge is -2.36. The molecule has 6 N–H and O–H groups in total. The van der Waals surface area contributed by atoms with E-state index >= 15 is 0 Å². The standard InChI is InChI=1S/C10H18O9/c11-1-4-6(14)7(15)10(18-4)19-8-5(13)3(12)2-17-9(8)16/h3-16H,1-2H2/t3-,4-,5+,6+,7-,8-,9-,10+/m1/s1. The molecule has 2 saturated heterocycles. The smallest absolute Gasteiger partial charge is 0.187 e. The van der Waals surface area contributed by atoms with Crippen molar-refractivity contribution in [1.29, 1.82) is 0 Å². The minimum absolute atomic E-state index is 0.252. The molecule has 2 rings (SSSR count). The number of aliphatic hydroxyl groups is 6. The van der Waals surface area contributed by atoms with Crippen LogP contribution in [-0.2, 0) is 14.2 Å². The third-order valence-electron chi connectivity index (χ3n) is 3.24. The summed E-state index contributed by atoms with van der Waals surface area (Å²) in [5, 5.41) is 56.7. The van der Waals surface area contributed by atoms with Gasteiger partial charge in [0.1, 0.15) is 36.6 Å². The summed E-state index contributed by atoms with van der Waals surface area (Å²) in [5.74, 6) is 0. The Morgan fingerprint density at radius 1 is 1.00 bits per heavy atom. The van der Waals surface area contributed by atoms with Gasteiger partial charge in [-0.1, -0.05) is 0 Å². The second-order valence-electron chi connectivity index (χ2n) is 4.59. The van der Waals surface area contributed by atoms with Crippen molar-refractivity contribution in [2.75, 3.05) is 13.2 Å². The number of aliphatic hydroxyl groups excluding tert-OH is 6. The fourth-order valence-corrected chi connectivity index (χ4v) is 2.06. The maximum Gasteiger partial charge on any atom is 0.187 e. The largest absolute Gasteiger partial charge is 0.394 e. The molecule has 0 amide bonds. The molecular formula is C10H18O9. The molecule has 2 aliphatic heterocycles. The van der Waals surface area contributed by atoms with Crippen molar-refractivity contribution in [3.05, 3.63) is 0 Å². The van der Waals surface area contributed by atoms with Crippen molar-refractivity contribution < 1.29 is 44.8 Å². The van der Waals surface area contributed by atoms with E-state index < -0.39 is 55.8 Å². The molecular weight excluding hydrogens is 264 g/mol. The molecule has 2 heterocycles. The number of rotatable bonds is 3. The summed E-state index contributed by atoms with van der Waals surface area (Å²) >= 11 is 0. The average molecular weight is 282 g/mol. The van der Waals surface area contributed by atoms with Crippen LogP contribution in [0.15, 0.2) is 0 Å². The summed E-state index contributed by atoms with van der Waals surface area (Å²) in [6.07, 6.45) is -10.7. The van der Waals surface area contributed by atoms with E-state index in [0.29, 0.717) is 0 Å². The van der Waals surface area contributed by atoms with E-state index in [-0.39, 0.29) is 6.61 Å². The lowest BCUT2D eigenvalue weighted by Crippen LogP contribution is -2.56. The van der Waals surface area contributed by atoms with Crippen molar-refractivity contribution in [2.45, 2.75) is 49.2 Å². The molecule has 0 saturated carbocycles. The summed E-state index contributed by atoms with van der Waals surface area (Å²) in [4.78, 5) is 0. The van der Waals surface area contributed by atoms with Gasteiger partial charge in [-0.25, -0.2) is 0 Å². The van der Waals surface area contributed by atoms with Crippen molar-refractivity contribution in [3.63, 3.8) is 0 Å². The molecule has 8 atom stereocenters.